The van der Waals surface area contributed by atoms with Crippen molar-refractivity contribution in [1.29, 1.82) is 0 Å². The highest BCUT2D eigenvalue weighted by Crippen LogP contribution is 2.39. The van der Waals surface area contributed by atoms with Gasteiger partial charge in [0.1, 0.15) is 12.6 Å². The molecule has 2 aromatic rings. The van der Waals surface area contributed by atoms with Crippen LogP contribution in [0, 0.1) is 6.92 Å². The maximum Gasteiger partial charge on any atom is 0.245 e. The van der Waals surface area contributed by atoms with Crippen molar-refractivity contribution in [2.75, 3.05) is 20.7 Å². The highest BCUT2D eigenvalue weighted by molar-refractivity contribution is 9.10. The van der Waals surface area contributed by atoms with Crippen molar-refractivity contribution < 1.29 is 19.1 Å². The number of benzene rings is 2. The van der Waals surface area contributed by atoms with Gasteiger partial charge in [-0.15, -0.1) is 0 Å². The molecule has 1 N–H and O–H groups in total. The number of carbonyl (C=O) groups excluding carboxylic acids is 2. The monoisotopic (exact) mass is 446 g/mol. The Hall–Kier alpha value is -2.54. The zero-order chi connectivity index (χ0) is 20.3. The number of piperazine rings is 1. The second-order valence-corrected chi connectivity index (χ2v) is 7.59. The second kappa shape index (κ2) is 8.65. The molecule has 1 atom stereocenters. The maximum absolute atomic E-state index is 12.4. The molecule has 2 amide bonds. The minimum Gasteiger partial charge on any atom is -0.493 e. The number of nitrogens with zero attached hydrogens (tertiary/aromatic N) is 1. The molecule has 0 bridgehead atoms. The number of nitrogens with one attached hydrogen (secondary N) is 1. The molecule has 0 spiro atoms. The minimum absolute atomic E-state index is 0.0869. The topological polar surface area (TPSA) is 67.9 Å². The van der Waals surface area contributed by atoms with E-state index in [1.807, 2.05) is 43.3 Å². The largest absolute Gasteiger partial charge is 0.493 e. The summed E-state index contributed by atoms with van der Waals surface area (Å²) in [6, 6.07) is 11.1. The van der Waals surface area contributed by atoms with Gasteiger partial charge in [-0.25, -0.2) is 0 Å². The van der Waals surface area contributed by atoms with E-state index in [-0.39, 0.29) is 18.4 Å². The average molecular weight is 447 g/mol. The van der Waals surface area contributed by atoms with Crippen LogP contribution in [-0.4, -0.2) is 43.5 Å². The van der Waals surface area contributed by atoms with E-state index >= 15 is 0 Å². The number of methoxy groups -OCH3 is 1. The third kappa shape index (κ3) is 4.30. The molecule has 1 aliphatic heterocycles. The number of amides is 2. The van der Waals surface area contributed by atoms with E-state index in [4.69, 9.17) is 9.47 Å². The summed E-state index contributed by atoms with van der Waals surface area (Å²) >= 11 is 3.61. The molecule has 1 aliphatic rings. The van der Waals surface area contributed by atoms with Gasteiger partial charge in [0.25, 0.3) is 0 Å². The van der Waals surface area contributed by atoms with Crippen LogP contribution in [0.1, 0.15) is 16.7 Å². The molecule has 28 heavy (non-hydrogen) atoms. The van der Waals surface area contributed by atoms with Crippen LogP contribution in [0.15, 0.2) is 40.9 Å². The van der Waals surface area contributed by atoms with Gasteiger partial charge < -0.3 is 19.7 Å². The van der Waals surface area contributed by atoms with Crippen molar-refractivity contribution in [3.63, 3.8) is 0 Å². The van der Waals surface area contributed by atoms with Crippen molar-refractivity contribution in [3.8, 4) is 11.5 Å². The van der Waals surface area contributed by atoms with E-state index in [2.05, 4.69) is 21.2 Å². The maximum atomic E-state index is 12.4. The third-order valence-electron chi connectivity index (χ3n) is 4.74. The van der Waals surface area contributed by atoms with Crippen LogP contribution in [-0.2, 0) is 22.6 Å². The SMILES string of the molecule is COc1c(OCc2ccccc2)cc(CC2NC(=O)CN(C)C2=O)c(Br)c1C. The second-order valence-electron chi connectivity index (χ2n) is 6.80. The molecule has 1 unspecified atom stereocenters. The predicted octanol–water partition coefficient (Wildman–Crippen LogP) is 2.84. The number of halogens is 1. The lowest BCUT2D eigenvalue weighted by molar-refractivity contribution is -0.142. The minimum atomic E-state index is -0.600. The van der Waals surface area contributed by atoms with Gasteiger partial charge in [0.05, 0.1) is 13.7 Å². The quantitative estimate of drug-likeness (QED) is 0.740. The first-order chi connectivity index (χ1) is 13.4. The molecule has 2 aromatic carbocycles. The summed E-state index contributed by atoms with van der Waals surface area (Å²) < 4.78 is 12.4. The Bertz CT molecular complexity index is 886. The van der Waals surface area contributed by atoms with Crippen LogP contribution in [0.2, 0.25) is 0 Å². The summed E-state index contributed by atoms with van der Waals surface area (Å²) in [6.07, 6.45) is 0.363. The predicted molar refractivity (Wildman–Crippen MR) is 109 cm³/mol. The number of carbonyl (C=O) groups is 2. The fourth-order valence-electron chi connectivity index (χ4n) is 3.28. The Balaban J connectivity index is 1.87. The van der Waals surface area contributed by atoms with Gasteiger partial charge in [-0.1, -0.05) is 46.3 Å². The van der Waals surface area contributed by atoms with Crippen molar-refractivity contribution >= 4 is 27.7 Å². The Morgan fingerprint density at radius 3 is 2.64 bits per heavy atom. The third-order valence-corrected chi connectivity index (χ3v) is 5.84. The lowest BCUT2D eigenvalue weighted by atomic mass is 10.0. The van der Waals surface area contributed by atoms with E-state index < -0.39 is 6.04 Å². The summed E-state index contributed by atoms with van der Waals surface area (Å²) in [7, 11) is 3.24. The van der Waals surface area contributed by atoms with Crippen LogP contribution in [0.3, 0.4) is 0 Å². The van der Waals surface area contributed by atoms with Crippen LogP contribution < -0.4 is 14.8 Å². The first-order valence-corrected chi connectivity index (χ1v) is 9.77. The summed E-state index contributed by atoms with van der Waals surface area (Å²) in [5.74, 6) is 0.980. The number of likely N-dealkylation sites (N-methyl/N-ethyl adjacent to an activating group) is 1. The number of hydrogen-bond acceptors (Lipinski definition) is 4. The highest BCUT2D eigenvalue weighted by Gasteiger charge is 2.31. The fraction of sp³-hybridized carbons (Fsp3) is 0.333. The van der Waals surface area contributed by atoms with Gasteiger partial charge in [0, 0.05) is 23.5 Å². The first kappa shape index (κ1) is 20.2. The Morgan fingerprint density at radius 2 is 1.96 bits per heavy atom. The number of hydrogen-bond donors (Lipinski definition) is 1. The van der Waals surface area contributed by atoms with Crippen molar-refractivity contribution in [2.24, 2.45) is 0 Å². The zero-order valence-electron chi connectivity index (χ0n) is 16.1. The van der Waals surface area contributed by atoms with Crippen LogP contribution in [0.25, 0.3) is 0 Å². The summed E-state index contributed by atoms with van der Waals surface area (Å²) in [6.45, 7) is 2.41. The smallest absolute Gasteiger partial charge is 0.245 e. The molecule has 148 valence electrons. The summed E-state index contributed by atoms with van der Waals surface area (Å²) in [5.41, 5.74) is 2.80. The molecular formula is C21H23BrN2O4. The van der Waals surface area contributed by atoms with Crippen molar-refractivity contribution in [3.05, 3.63) is 57.6 Å². The number of ether oxygens (including phenoxy) is 2. The summed E-state index contributed by atoms with van der Waals surface area (Å²) in [4.78, 5) is 25.7. The van der Waals surface area contributed by atoms with Gasteiger partial charge in [-0.3, -0.25) is 9.59 Å². The molecular weight excluding hydrogens is 424 g/mol. The van der Waals surface area contributed by atoms with Crippen molar-refractivity contribution in [2.45, 2.75) is 26.0 Å². The normalized spacial score (nSPS) is 16.7. The van der Waals surface area contributed by atoms with Gasteiger partial charge >= 0.3 is 0 Å². The first-order valence-electron chi connectivity index (χ1n) is 8.97. The molecule has 3 rings (SSSR count). The fourth-order valence-corrected chi connectivity index (χ4v) is 3.73. The van der Waals surface area contributed by atoms with E-state index in [0.717, 1.165) is 21.2 Å². The van der Waals surface area contributed by atoms with E-state index in [0.29, 0.717) is 24.5 Å². The van der Waals surface area contributed by atoms with Crippen LogP contribution in [0.5, 0.6) is 11.5 Å². The molecule has 0 aliphatic carbocycles. The van der Waals surface area contributed by atoms with Crippen molar-refractivity contribution in [1.82, 2.24) is 10.2 Å². The summed E-state index contributed by atoms with van der Waals surface area (Å²) in [5, 5.41) is 2.77. The molecule has 1 fully saturated rings. The van der Waals surface area contributed by atoms with E-state index in [9.17, 15) is 9.59 Å². The van der Waals surface area contributed by atoms with Crippen LogP contribution in [0.4, 0.5) is 0 Å². The Morgan fingerprint density at radius 1 is 1.25 bits per heavy atom. The average Bonchev–Trinajstić information content (AvgIpc) is 2.68. The van der Waals surface area contributed by atoms with Crippen LogP contribution >= 0.6 is 15.9 Å². The molecule has 6 nitrogen and oxygen atoms in total. The van der Waals surface area contributed by atoms with Gasteiger partial charge in [-0.2, -0.15) is 0 Å². The molecule has 7 heteroatoms. The molecule has 0 aromatic heterocycles. The lowest BCUT2D eigenvalue weighted by Crippen LogP contribution is -2.57. The van der Waals surface area contributed by atoms with Gasteiger partial charge in [0.2, 0.25) is 11.8 Å². The van der Waals surface area contributed by atoms with Gasteiger partial charge in [0.15, 0.2) is 11.5 Å². The van der Waals surface area contributed by atoms with E-state index in [1.54, 1.807) is 14.2 Å². The lowest BCUT2D eigenvalue weighted by Gasteiger charge is -2.30. The zero-order valence-corrected chi connectivity index (χ0v) is 17.7. The molecule has 0 radical (unpaired) electrons. The number of rotatable bonds is 6. The Kier molecular flexibility index (Phi) is 6.24. The molecule has 0 saturated carbocycles. The Labute approximate surface area is 172 Å². The highest BCUT2D eigenvalue weighted by atomic mass is 79.9. The van der Waals surface area contributed by atoms with Gasteiger partial charge in [-0.05, 0) is 24.1 Å². The molecule has 1 heterocycles. The van der Waals surface area contributed by atoms with E-state index in [1.165, 1.54) is 4.90 Å². The molecule has 1 saturated heterocycles. The standard InChI is InChI=1S/C21H23BrN2O4/c1-13-19(22)15(9-16-21(26)24(2)11-18(25)23-16)10-17(20(13)27-3)28-12-14-7-5-4-6-8-14/h4-8,10,16H,9,11-12H2,1-3H3,(H,23,25).